The van der Waals surface area contributed by atoms with E-state index >= 15 is 0 Å². The number of aromatic amines is 1. The fourth-order valence-electron chi connectivity index (χ4n) is 3.06. The molecule has 4 heteroatoms. The van der Waals surface area contributed by atoms with Crippen LogP contribution < -0.4 is 0 Å². The first-order valence-electron chi connectivity index (χ1n) is 8.03. The molecule has 0 spiro atoms. The van der Waals surface area contributed by atoms with Crippen LogP contribution in [0.3, 0.4) is 0 Å². The van der Waals surface area contributed by atoms with Crippen LogP contribution in [0, 0.1) is 12.7 Å². The smallest absolute Gasteiger partial charge is 0.182 e. The molecule has 2 aromatic carbocycles. The Morgan fingerprint density at radius 3 is 2.71 bits per heavy atom. The number of Topliss-reactive ketones (excluding diaryl/α,β-unsaturated/α-hetero) is 1. The number of fused-ring (bicyclic) bond motifs is 1. The second-order valence-electron chi connectivity index (χ2n) is 6.26. The number of hydrogen-bond donors (Lipinski definition) is 1. The molecule has 0 amide bonds. The first-order valence-corrected chi connectivity index (χ1v) is 8.03. The van der Waals surface area contributed by atoms with Gasteiger partial charge in [-0.25, -0.2) is 4.39 Å². The molecule has 3 rings (SSSR count). The van der Waals surface area contributed by atoms with Crippen molar-refractivity contribution in [2.24, 2.45) is 0 Å². The van der Waals surface area contributed by atoms with Crippen molar-refractivity contribution >= 4 is 16.7 Å². The molecule has 1 N–H and O–H groups in total. The number of hydrogen-bond acceptors (Lipinski definition) is 2. The van der Waals surface area contributed by atoms with Crippen molar-refractivity contribution in [2.45, 2.75) is 26.4 Å². The van der Waals surface area contributed by atoms with Crippen molar-refractivity contribution in [3.05, 3.63) is 71.2 Å². The highest BCUT2D eigenvalue weighted by molar-refractivity contribution is 6.11. The number of aromatic nitrogens is 1. The number of aryl methyl sites for hydroxylation is 1. The van der Waals surface area contributed by atoms with Gasteiger partial charge < -0.3 is 4.98 Å². The minimum absolute atomic E-state index is 0.0730. The largest absolute Gasteiger partial charge is 0.358 e. The number of carbonyl (C=O) groups is 1. The van der Waals surface area contributed by atoms with E-state index < -0.39 is 0 Å². The van der Waals surface area contributed by atoms with Gasteiger partial charge in [0, 0.05) is 28.7 Å². The van der Waals surface area contributed by atoms with Crippen molar-refractivity contribution in [3.63, 3.8) is 0 Å². The second kappa shape index (κ2) is 6.57. The molecule has 3 aromatic rings. The van der Waals surface area contributed by atoms with E-state index in [1.165, 1.54) is 12.1 Å². The van der Waals surface area contributed by atoms with Gasteiger partial charge in [-0.05, 0) is 44.7 Å². The summed E-state index contributed by atoms with van der Waals surface area (Å²) in [6, 6.07) is 14.0. The van der Waals surface area contributed by atoms with Crippen LogP contribution in [0.5, 0.6) is 0 Å². The van der Waals surface area contributed by atoms with Gasteiger partial charge in [0.05, 0.1) is 6.04 Å². The van der Waals surface area contributed by atoms with Gasteiger partial charge in [-0.2, -0.15) is 0 Å². The summed E-state index contributed by atoms with van der Waals surface area (Å²) in [5, 5.41) is 0.950. The van der Waals surface area contributed by atoms with Gasteiger partial charge >= 0.3 is 0 Å². The number of nitrogens with zero attached hydrogens (tertiary/aromatic N) is 1. The van der Waals surface area contributed by atoms with Crippen molar-refractivity contribution in [1.82, 2.24) is 9.88 Å². The third kappa shape index (κ3) is 3.10. The minimum atomic E-state index is -0.300. The average molecular weight is 324 g/mol. The van der Waals surface area contributed by atoms with Gasteiger partial charge in [-0.1, -0.05) is 30.3 Å². The van der Waals surface area contributed by atoms with Gasteiger partial charge in [0.1, 0.15) is 5.82 Å². The Kier molecular flexibility index (Phi) is 4.49. The van der Waals surface area contributed by atoms with Gasteiger partial charge in [-0.15, -0.1) is 0 Å². The summed E-state index contributed by atoms with van der Waals surface area (Å²) in [5.74, 6) is -0.184. The topological polar surface area (TPSA) is 36.1 Å². The molecule has 3 nitrogen and oxygen atoms in total. The summed E-state index contributed by atoms with van der Waals surface area (Å²) in [6.07, 6.45) is 0. The van der Waals surface area contributed by atoms with Crippen LogP contribution in [0.15, 0.2) is 48.5 Å². The Morgan fingerprint density at radius 2 is 1.96 bits per heavy atom. The molecular formula is C20H21FN2O. The molecule has 0 radical (unpaired) electrons. The maximum atomic E-state index is 13.3. The van der Waals surface area contributed by atoms with Crippen LogP contribution in [-0.2, 0) is 6.54 Å². The first-order chi connectivity index (χ1) is 11.5. The summed E-state index contributed by atoms with van der Waals surface area (Å²) in [4.78, 5) is 18.2. The van der Waals surface area contributed by atoms with Gasteiger partial charge in [0.15, 0.2) is 5.78 Å². The zero-order chi connectivity index (χ0) is 17.3. The highest BCUT2D eigenvalue weighted by atomic mass is 19.1. The third-order valence-corrected chi connectivity index (χ3v) is 4.50. The monoisotopic (exact) mass is 324 g/mol. The number of H-pyrrole nitrogens is 1. The van der Waals surface area contributed by atoms with Gasteiger partial charge in [-0.3, -0.25) is 9.69 Å². The third-order valence-electron chi connectivity index (χ3n) is 4.50. The lowest BCUT2D eigenvalue weighted by atomic mass is 10.0. The van der Waals surface area contributed by atoms with Crippen LogP contribution in [0.4, 0.5) is 4.39 Å². The van der Waals surface area contributed by atoms with E-state index in [0.29, 0.717) is 6.54 Å². The Labute approximate surface area is 141 Å². The maximum absolute atomic E-state index is 13.3. The molecule has 0 saturated carbocycles. The Balaban J connectivity index is 1.84. The SMILES string of the molecule is Cc1[nH]c2ccccc2c1C(=O)[C@@H](C)N(C)Cc1cccc(F)c1. The quantitative estimate of drug-likeness (QED) is 0.710. The predicted octanol–water partition coefficient (Wildman–Crippen LogP) is 4.32. The molecule has 0 saturated heterocycles. The summed E-state index contributed by atoms with van der Waals surface area (Å²) < 4.78 is 13.3. The van der Waals surface area contributed by atoms with Crippen LogP contribution in [0.1, 0.15) is 28.5 Å². The second-order valence-corrected chi connectivity index (χ2v) is 6.26. The van der Waals surface area contributed by atoms with E-state index in [1.807, 2.05) is 56.1 Å². The van der Waals surface area contributed by atoms with Crippen LogP contribution >= 0.6 is 0 Å². The average Bonchev–Trinajstić information content (AvgIpc) is 2.89. The number of carbonyl (C=O) groups excluding carboxylic acids is 1. The number of ketones is 1. The summed E-state index contributed by atoms with van der Waals surface area (Å²) in [5.41, 5.74) is 3.45. The number of halogens is 1. The van der Waals surface area contributed by atoms with Crippen LogP contribution in [0.2, 0.25) is 0 Å². The minimum Gasteiger partial charge on any atom is -0.358 e. The summed E-state index contributed by atoms with van der Waals surface area (Å²) in [6.45, 7) is 4.33. The lowest BCUT2D eigenvalue weighted by molar-refractivity contribution is 0.0863. The van der Waals surface area contributed by atoms with E-state index in [9.17, 15) is 9.18 Å². The Morgan fingerprint density at radius 1 is 1.21 bits per heavy atom. The van der Waals surface area contributed by atoms with E-state index in [-0.39, 0.29) is 17.6 Å². The Bertz CT molecular complexity index is 884. The Hall–Kier alpha value is -2.46. The number of benzene rings is 2. The zero-order valence-electron chi connectivity index (χ0n) is 14.1. The molecule has 1 heterocycles. The molecule has 0 aliphatic rings. The van der Waals surface area contributed by atoms with E-state index in [0.717, 1.165) is 27.7 Å². The molecule has 0 unspecified atom stereocenters. The van der Waals surface area contributed by atoms with Crippen molar-refractivity contribution in [1.29, 1.82) is 0 Å². The summed E-state index contributed by atoms with van der Waals surface area (Å²) in [7, 11) is 1.89. The fraction of sp³-hybridized carbons (Fsp3) is 0.250. The molecular weight excluding hydrogens is 303 g/mol. The lowest BCUT2D eigenvalue weighted by Gasteiger charge is -2.24. The number of nitrogens with one attached hydrogen (secondary N) is 1. The highest BCUT2D eigenvalue weighted by Gasteiger charge is 2.24. The van der Waals surface area contributed by atoms with Crippen LogP contribution in [-0.4, -0.2) is 28.8 Å². The normalized spacial score (nSPS) is 12.7. The molecule has 124 valence electrons. The molecule has 0 aliphatic heterocycles. The number of likely N-dealkylation sites (N-methyl/N-ethyl adjacent to an activating group) is 1. The zero-order valence-corrected chi connectivity index (χ0v) is 14.1. The lowest BCUT2D eigenvalue weighted by Crippen LogP contribution is -2.35. The highest BCUT2D eigenvalue weighted by Crippen LogP contribution is 2.24. The molecule has 0 fully saturated rings. The molecule has 0 aliphatic carbocycles. The first kappa shape index (κ1) is 16.4. The van der Waals surface area contributed by atoms with Crippen molar-refractivity contribution in [3.8, 4) is 0 Å². The van der Waals surface area contributed by atoms with E-state index in [1.54, 1.807) is 6.07 Å². The molecule has 1 atom stereocenters. The van der Waals surface area contributed by atoms with E-state index in [2.05, 4.69) is 4.98 Å². The summed E-state index contributed by atoms with van der Waals surface area (Å²) >= 11 is 0. The van der Waals surface area contributed by atoms with Gasteiger partial charge in [0.2, 0.25) is 0 Å². The number of rotatable bonds is 5. The van der Waals surface area contributed by atoms with Crippen LogP contribution in [0.25, 0.3) is 10.9 Å². The number of para-hydroxylation sites is 1. The molecule has 0 bridgehead atoms. The fourth-order valence-corrected chi connectivity index (χ4v) is 3.06. The molecule has 1 aromatic heterocycles. The van der Waals surface area contributed by atoms with Crippen molar-refractivity contribution in [2.75, 3.05) is 7.05 Å². The van der Waals surface area contributed by atoms with Gasteiger partial charge in [0.25, 0.3) is 0 Å². The predicted molar refractivity (Wildman–Crippen MR) is 94.7 cm³/mol. The van der Waals surface area contributed by atoms with E-state index in [4.69, 9.17) is 0 Å². The van der Waals surface area contributed by atoms with Crippen molar-refractivity contribution < 1.29 is 9.18 Å². The standard InChI is InChI=1S/C20H21FN2O/c1-13-19(17-9-4-5-10-18(17)22-13)20(24)14(2)23(3)12-15-7-6-8-16(21)11-15/h4-11,14,22H,12H2,1-3H3/t14-/m1/s1. The molecule has 24 heavy (non-hydrogen) atoms. The maximum Gasteiger partial charge on any atom is 0.182 e.